The quantitative estimate of drug-likeness (QED) is 0.616. The minimum Gasteiger partial charge on any atom is -0.350 e. The minimum atomic E-state index is -3.90. The highest BCUT2D eigenvalue weighted by Gasteiger charge is 2.47. The SMILES string of the molecule is NC1CCC(NC(=O)C2N(C(=O)CCc3ccccc3)CCN2S(=O)(=O)c2cccs2)CC1. The second kappa shape index (κ2) is 10.3. The van der Waals surface area contributed by atoms with Crippen LogP contribution in [0, 0.1) is 0 Å². The fourth-order valence-corrected chi connectivity index (χ4v) is 7.16. The number of nitrogens with zero attached hydrogens (tertiary/aromatic N) is 2. The Balaban J connectivity index is 1.53. The first-order chi connectivity index (χ1) is 15.9. The molecule has 1 aliphatic carbocycles. The zero-order valence-electron chi connectivity index (χ0n) is 18.4. The monoisotopic (exact) mass is 490 g/mol. The highest BCUT2D eigenvalue weighted by Crippen LogP contribution is 2.28. The molecule has 2 heterocycles. The van der Waals surface area contributed by atoms with Gasteiger partial charge in [-0.2, -0.15) is 4.31 Å². The average molecular weight is 491 g/mol. The lowest BCUT2D eigenvalue weighted by Gasteiger charge is -2.32. The fraction of sp³-hybridized carbons (Fsp3) is 0.478. The van der Waals surface area contributed by atoms with Crippen LogP contribution in [0.3, 0.4) is 0 Å². The van der Waals surface area contributed by atoms with E-state index in [1.54, 1.807) is 11.4 Å². The van der Waals surface area contributed by atoms with E-state index < -0.39 is 22.1 Å². The first-order valence-electron chi connectivity index (χ1n) is 11.3. The highest BCUT2D eigenvalue weighted by molar-refractivity contribution is 7.91. The van der Waals surface area contributed by atoms with Crippen LogP contribution in [-0.2, 0) is 26.0 Å². The number of amides is 2. The number of rotatable bonds is 7. The molecule has 0 bridgehead atoms. The molecule has 0 radical (unpaired) electrons. The lowest BCUT2D eigenvalue weighted by Crippen LogP contribution is -2.56. The summed E-state index contributed by atoms with van der Waals surface area (Å²) in [6, 6.07) is 12.9. The molecule has 2 amide bonds. The van der Waals surface area contributed by atoms with Crippen LogP contribution in [0.4, 0.5) is 0 Å². The topological polar surface area (TPSA) is 113 Å². The van der Waals surface area contributed by atoms with Gasteiger partial charge in [0.2, 0.25) is 5.91 Å². The molecule has 1 unspecified atom stereocenters. The normalized spacial score (nSPS) is 24.0. The number of carbonyl (C=O) groups is 2. The smallest absolute Gasteiger partial charge is 0.259 e. The minimum absolute atomic E-state index is 0.0644. The summed E-state index contributed by atoms with van der Waals surface area (Å²) in [5.41, 5.74) is 7.00. The maximum Gasteiger partial charge on any atom is 0.259 e. The Kier molecular flexibility index (Phi) is 7.48. The van der Waals surface area contributed by atoms with Crippen molar-refractivity contribution in [1.82, 2.24) is 14.5 Å². The van der Waals surface area contributed by atoms with E-state index in [2.05, 4.69) is 5.32 Å². The zero-order valence-corrected chi connectivity index (χ0v) is 20.1. The van der Waals surface area contributed by atoms with Gasteiger partial charge < -0.3 is 16.0 Å². The number of hydrogen-bond donors (Lipinski definition) is 2. The number of nitrogens with one attached hydrogen (secondary N) is 1. The van der Waals surface area contributed by atoms with Crippen LogP contribution < -0.4 is 11.1 Å². The summed E-state index contributed by atoms with van der Waals surface area (Å²) in [6.45, 7) is 0.275. The lowest BCUT2D eigenvalue weighted by molar-refractivity contribution is -0.141. The van der Waals surface area contributed by atoms with Gasteiger partial charge in [0.05, 0.1) is 0 Å². The van der Waals surface area contributed by atoms with Crippen molar-refractivity contribution in [3.8, 4) is 0 Å². The fourth-order valence-electron chi connectivity index (χ4n) is 4.50. The lowest BCUT2D eigenvalue weighted by atomic mass is 9.92. The Hall–Kier alpha value is -2.27. The van der Waals surface area contributed by atoms with Crippen molar-refractivity contribution in [2.24, 2.45) is 5.73 Å². The van der Waals surface area contributed by atoms with Crippen LogP contribution in [0.5, 0.6) is 0 Å². The first-order valence-corrected chi connectivity index (χ1v) is 13.6. The highest BCUT2D eigenvalue weighted by atomic mass is 32.2. The van der Waals surface area contributed by atoms with Crippen LogP contribution >= 0.6 is 11.3 Å². The number of aryl methyl sites for hydroxylation is 1. The first kappa shape index (κ1) is 23.9. The van der Waals surface area contributed by atoms with Crippen molar-refractivity contribution in [2.75, 3.05) is 13.1 Å². The van der Waals surface area contributed by atoms with E-state index >= 15 is 0 Å². The van der Waals surface area contributed by atoms with Crippen LogP contribution in [0.25, 0.3) is 0 Å². The molecular formula is C23H30N4O4S2. The van der Waals surface area contributed by atoms with E-state index in [4.69, 9.17) is 5.73 Å². The summed E-state index contributed by atoms with van der Waals surface area (Å²) in [4.78, 5) is 27.9. The molecule has 8 nitrogen and oxygen atoms in total. The maximum absolute atomic E-state index is 13.4. The van der Waals surface area contributed by atoms with E-state index in [-0.39, 0.29) is 41.7 Å². The zero-order chi connectivity index (χ0) is 23.4. The largest absolute Gasteiger partial charge is 0.350 e. The molecule has 1 aliphatic heterocycles. The summed E-state index contributed by atoms with van der Waals surface area (Å²) in [6.07, 6.45) is 2.68. The van der Waals surface area contributed by atoms with Crippen LogP contribution in [0.2, 0.25) is 0 Å². The van der Waals surface area contributed by atoms with Gasteiger partial charge in [-0.05, 0) is 49.1 Å². The van der Waals surface area contributed by atoms with E-state index in [9.17, 15) is 18.0 Å². The van der Waals surface area contributed by atoms with Gasteiger partial charge in [-0.1, -0.05) is 36.4 Å². The molecule has 2 fully saturated rings. The van der Waals surface area contributed by atoms with Gasteiger partial charge in [0, 0.05) is 31.6 Å². The standard InChI is InChI=1S/C23H30N4O4S2/c24-18-9-11-19(12-10-18)25-22(29)23-26(20(28)13-8-17-5-2-1-3-6-17)14-15-27(23)33(30,31)21-7-4-16-32-21/h1-7,16,18-19,23H,8-15,24H2,(H,25,29). The molecule has 1 saturated carbocycles. The predicted molar refractivity (Wildman–Crippen MR) is 127 cm³/mol. The molecule has 1 aromatic heterocycles. The number of carbonyl (C=O) groups excluding carboxylic acids is 2. The van der Waals surface area contributed by atoms with Crippen molar-refractivity contribution in [2.45, 2.75) is 61.0 Å². The van der Waals surface area contributed by atoms with E-state index in [0.29, 0.717) is 6.42 Å². The van der Waals surface area contributed by atoms with E-state index in [1.165, 1.54) is 15.3 Å². The third kappa shape index (κ3) is 5.46. The van der Waals surface area contributed by atoms with Crippen molar-refractivity contribution in [3.63, 3.8) is 0 Å². The Morgan fingerprint density at radius 2 is 1.76 bits per heavy atom. The number of nitrogens with two attached hydrogens (primary N) is 1. The molecule has 2 aromatic rings. The van der Waals surface area contributed by atoms with Gasteiger partial charge in [-0.25, -0.2) is 8.42 Å². The van der Waals surface area contributed by atoms with Gasteiger partial charge in [0.1, 0.15) is 4.21 Å². The van der Waals surface area contributed by atoms with Crippen LogP contribution in [0.15, 0.2) is 52.1 Å². The van der Waals surface area contributed by atoms with Crippen molar-refractivity contribution >= 4 is 33.2 Å². The van der Waals surface area contributed by atoms with Crippen LogP contribution in [-0.4, -0.2) is 60.8 Å². The van der Waals surface area contributed by atoms with Gasteiger partial charge in [0.25, 0.3) is 15.9 Å². The molecule has 3 N–H and O–H groups in total. The molecule has 1 atom stereocenters. The number of benzene rings is 1. The Labute approximate surface area is 198 Å². The molecule has 10 heteroatoms. The molecule has 33 heavy (non-hydrogen) atoms. The van der Waals surface area contributed by atoms with Crippen molar-refractivity contribution < 1.29 is 18.0 Å². The maximum atomic E-state index is 13.4. The van der Waals surface area contributed by atoms with Gasteiger partial charge in [-0.3, -0.25) is 9.59 Å². The number of hydrogen-bond acceptors (Lipinski definition) is 6. The summed E-state index contributed by atoms with van der Waals surface area (Å²) in [7, 11) is -3.90. The second-order valence-corrected chi connectivity index (χ2v) is 11.7. The molecule has 1 saturated heterocycles. The molecule has 2 aliphatic rings. The number of sulfonamides is 1. The second-order valence-electron chi connectivity index (χ2n) is 8.61. The Morgan fingerprint density at radius 1 is 1.03 bits per heavy atom. The van der Waals surface area contributed by atoms with E-state index in [0.717, 1.165) is 42.6 Å². The summed E-state index contributed by atoms with van der Waals surface area (Å²) < 4.78 is 27.9. The third-order valence-electron chi connectivity index (χ3n) is 6.33. The number of thiophene rings is 1. The van der Waals surface area contributed by atoms with Gasteiger partial charge in [0.15, 0.2) is 6.17 Å². The van der Waals surface area contributed by atoms with Crippen molar-refractivity contribution in [3.05, 3.63) is 53.4 Å². The Bertz CT molecular complexity index is 1050. The predicted octanol–water partition coefficient (Wildman–Crippen LogP) is 1.93. The Morgan fingerprint density at radius 3 is 2.42 bits per heavy atom. The molecule has 0 spiro atoms. The molecular weight excluding hydrogens is 460 g/mol. The van der Waals surface area contributed by atoms with Gasteiger partial charge in [-0.15, -0.1) is 11.3 Å². The third-order valence-corrected chi connectivity index (χ3v) is 9.56. The van der Waals surface area contributed by atoms with Crippen LogP contribution in [0.1, 0.15) is 37.7 Å². The summed E-state index contributed by atoms with van der Waals surface area (Å²) in [5, 5.41) is 4.68. The summed E-state index contributed by atoms with van der Waals surface area (Å²) >= 11 is 1.10. The summed E-state index contributed by atoms with van der Waals surface area (Å²) in [5.74, 6) is -0.672. The van der Waals surface area contributed by atoms with E-state index in [1.807, 2.05) is 30.3 Å². The molecule has 1 aromatic carbocycles. The molecule has 4 rings (SSSR count). The van der Waals surface area contributed by atoms with Crippen molar-refractivity contribution in [1.29, 1.82) is 0 Å². The average Bonchev–Trinajstić information content (AvgIpc) is 3.51. The van der Waals surface area contributed by atoms with Gasteiger partial charge >= 0.3 is 0 Å². The molecule has 178 valence electrons.